The van der Waals surface area contributed by atoms with E-state index in [4.69, 9.17) is 4.74 Å². The molecule has 0 aliphatic carbocycles. The molecule has 0 atom stereocenters. The molecule has 140 valence electrons. The second-order valence-electron chi connectivity index (χ2n) is 8.04. The second kappa shape index (κ2) is 6.61. The first kappa shape index (κ1) is 19.7. The molecule has 0 aromatic heterocycles. The summed E-state index contributed by atoms with van der Waals surface area (Å²) >= 11 is 0. The number of hydrogen-bond donors (Lipinski definition) is 1. The van der Waals surface area contributed by atoms with Gasteiger partial charge in [-0.05, 0) is 53.8 Å². The van der Waals surface area contributed by atoms with Crippen molar-refractivity contribution in [2.75, 3.05) is 7.05 Å². The van der Waals surface area contributed by atoms with Crippen LogP contribution in [0.1, 0.15) is 46.1 Å². The lowest BCUT2D eigenvalue weighted by atomic mass is 9.79. The number of sulfonamides is 1. The molecule has 1 N–H and O–H groups in total. The van der Waals surface area contributed by atoms with Crippen molar-refractivity contribution in [1.29, 1.82) is 0 Å². The van der Waals surface area contributed by atoms with Crippen LogP contribution in [-0.4, -0.2) is 43.6 Å². The number of rotatable bonds is 3. The summed E-state index contributed by atoms with van der Waals surface area (Å²) in [5.74, 6) is 0. The summed E-state index contributed by atoms with van der Waals surface area (Å²) in [5, 5.41) is 0. The summed E-state index contributed by atoms with van der Waals surface area (Å²) in [6, 6.07) is 6.29. The average molecular weight is 368 g/mol. The Kier molecular flexibility index (Phi) is 5.21. The number of amides is 1. The number of nitrogens with zero attached hydrogens (tertiary/aromatic N) is 1. The Hall–Kier alpha value is -1.60. The highest BCUT2D eigenvalue weighted by atomic mass is 32.2. The van der Waals surface area contributed by atoms with Crippen LogP contribution >= 0.6 is 0 Å². The Labute approximate surface area is 150 Å². The Bertz CT molecular complexity index is 721. The normalized spacial score (nSPS) is 20.9. The molecule has 1 amide bonds. The summed E-state index contributed by atoms with van der Waals surface area (Å²) in [5.41, 5.74) is 0.641. The fraction of sp³-hybridized carbons (Fsp3) is 0.611. The summed E-state index contributed by atoms with van der Waals surface area (Å²) in [6.45, 7) is 10.2. The zero-order valence-corrected chi connectivity index (χ0v) is 16.6. The van der Waals surface area contributed by atoms with Crippen molar-refractivity contribution < 1.29 is 17.9 Å². The predicted octanol–water partition coefficient (Wildman–Crippen LogP) is 3.06. The van der Waals surface area contributed by atoms with Crippen LogP contribution in [-0.2, 0) is 14.8 Å². The van der Waals surface area contributed by atoms with Gasteiger partial charge in [0.25, 0.3) is 10.0 Å². The van der Waals surface area contributed by atoms with E-state index >= 15 is 0 Å². The molecule has 25 heavy (non-hydrogen) atoms. The minimum Gasteiger partial charge on any atom is -0.445 e. The van der Waals surface area contributed by atoms with Crippen molar-refractivity contribution in [1.82, 2.24) is 9.62 Å². The number of likely N-dealkylation sites (tertiary alicyclic amines) is 1. The summed E-state index contributed by atoms with van der Waals surface area (Å²) in [6.07, 6.45) is 0.0201. The van der Waals surface area contributed by atoms with Crippen LogP contribution in [0.5, 0.6) is 0 Å². The predicted molar refractivity (Wildman–Crippen MR) is 96.9 cm³/mol. The Morgan fingerprint density at radius 2 is 1.60 bits per heavy atom. The van der Waals surface area contributed by atoms with Gasteiger partial charge in [-0.25, -0.2) is 17.9 Å². The number of piperidine rings is 1. The van der Waals surface area contributed by atoms with Gasteiger partial charge in [-0.3, -0.25) is 4.90 Å². The topological polar surface area (TPSA) is 75.7 Å². The van der Waals surface area contributed by atoms with Gasteiger partial charge in [-0.1, -0.05) is 17.7 Å². The van der Waals surface area contributed by atoms with Crippen molar-refractivity contribution in [3.63, 3.8) is 0 Å². The molecule has 1 aromatic rings. The van der Waals surface area contributed by atoms with Gasteiger partial charge in [0, 0.05) is 23.9 Å². The second-order valence-corrected chi connectivity index (χ2v) is 9.72. The highest BCUT2D eigenvalue weighted by Crippen LogP contribution is 2.38. The molecular formula is C18H28N2O4S. The summed E-state index contributed by atoms with van der Waals surface area (Å²) in [7, 11) is -1.88. The molecule has 0 spiro atoms. The molecule has 1 aromatic carbocycles. The van der Waals surface area contributed by atoms with Crippen LogP contribution < -0.4 is 4.72 Å². The van der Waals surface area contributed by atoms with Gasteiger partial charge >= 0.3 is 6.09 Å². The quantitative estimate of drug-likeness (QED) is 0.887. The largest absolute Gasteiger partial charge is 0.445 e. The van der Waals surface area contributed by atoms with E-state index in [1.54, 1.807) is 12.1 Å². The Morgan fingerprint density at radius 1 is 1.12 bits per heavy atom. The third kappa shape index (κ3) is 4.52. The van der Waals surface area contributed by atoms with E-state index in [-0.39, 0.29) is 22.1 Å². The minimum atomic E-state index is -3.93. The van der Waals surface area contributed by atoms with E-state index in [0.717, 1.165) is 5.56 Å². The number of ether oxygens (including phenoxy) is 1. The molecule has 1 fully saturated rings. The number of carbonyl (C=O) groups excluding carboxylic acids is 1. The number of aryl methyl sites for hydroxylation is 1. The van der Waals surface area contributed by atoms with E-state index in [1.165, 1.54) is 12.1 Å². The zero-order chi connectivity index (χ0) is 19.0. The molecule has 6 nitrogen and oxygen atoms in total. The van der Waals surface area contributed by atoms with Crippen molar-refractivity contribution in [2.24, 2.45) is 0 Å². The number of benzene rings is 1. The summed E-state index contributed by atoms with van der Waals surface area (Å²) in [4.78, 5) is 14.5. The van der Waals surface area contributed by atoms with Gasteiger partial charge < -0.3 is 4.74 Å². The van der Waals surface area contributed by atoms with Gasteiger partial charge in [0.15, 0.2) is 0 Å². The van der Waals surface area contributed by atoms with Crippen molar-refractivity contribution in [2.45, 2.75) is 69.5 Å². The Morgan fingerprint density at radius 3 is 2.08 bits per heavy atom. The molecule has 1 aliphatic heterocycles. The number of nitrogens with one attached hydrogen (secondary N) is 1. The lowest BCUT2D eigenvalue weighted by molar-refractivity contribution is -0.0672. The van der Waals surface area contributed by atoms with Crippen molar-refractivity contribution >= 4 is 16.1 Å². The SMILES string of the molecule is Cc1ccc(S(=O)(=O)NC(=O)OC2CC(C)(C)N(C)C(C)(C)C2)cc1. The van der Waals surface area contributed by atoms with Gasteiger partial charge in [0.2, 0.25) is 0 Å². The maximum Gasteiger partial charge on any atom is 0.421 e. The minimum absolute atomic E-state index is 0.0408. The highest BCUT2D eigenvalue weighted by molar-refractivity contribution is 7.90. The first-order valence-corrected chi connectivity index (χ1v) is 9.86. The smallest absolute Gasteiger partial charge is 0.421 e. The van der Waals surface area contributed by atoms with E-state index in [2.05, 4.69) is 39.6 Å². The Balaban J connectivity index is 2.06. The molecule has 0 radical (unpaired) electrons. The van der Waals surface area contributed by atoms with Gasteiger partial charge in [0.1, 0.15) is 6.10 Å². The maximum atomic E-state index is 12.3. The molecule has 0 bridgehead atoms. The van der Waals surface area contributed by atoms with E-state index in [9.17, 15) is 13.2 Å². The maximum absolute atomic E-state index is 12.3. The number of hydrogen-bond acceptors (Lipinski definition) is 5. The molecule has 0 unspecified atom stereocenters. The lowest BCUT2D eigenvalue weighted by Crippen LogP contribution is -2.60. The van der Waals surface area contributed by atoms with Gasteiger partial charge in [0.05, 0.1) is 4.90 Å². The number of carbonyl (C=O) groups is 1. The fourth-order valence-electron chi connectivity index (χ4n) is 3.42. The van der Waals surface area contributed by atoms with Gasteiger partial charge in [-0.2, -0.15) is 0 Å². The van der Waals surface area contributed by atoms with Crippen LogP contribution in [0.4, 0.5) is 4.79 Å². The molecule has 1 heterocycles. The van der Waals surface area contributed by atoms with Crippen LogP contribution in [0.25, 0.3) is 0 Å². The van der Waals surface area contributed by atoms with Crippen LogP contribution in [0, 0.1) is 6.92 Å². The van der Waals surface area contributed by atoms with Crippen LogP contribution in [0.15, 0.2) is 29.2 Å². The molecule has 7 heteroatoms. The van der Waals surface area contributed by atoms with E-state index < -0.39 is 16.1 Å². The first-order chi connectivity index (χ1) is 11.3. The average Bonchev–Trinajstić information content (AvgIpc) is 2.43. The molecule has 1 aliphatic rings. The molecule has 1 saturated heterocycles. The molecule has 0 saturated carbocycles. The van der Waals surface area contributed by atoms with Gasteiger partial charge in [-0.15, -0.1) is 0 Å². The first-order valence-electron chi connectivity index (χ1n) is 8.37. The fourth-order valence-corrected chi connectivity index (χ4v) is 4.30. The zero-order valence-electron chi connectivity index (χ0n) is 15.8. The third-order valence-corrected chi connectivity index (χ3v) is 6.42. The molecular weight excluding hydrogens is 340 g/mol. The summed E-state index contributed by atoms with van der Waals surface area (Å²) < 4.78 is 32.0. The van der Waals surface area contributed by atoms with Crippen molar-refractivity contribution in [3.8, 4) is 0 Å². The standard InChI is InChI=1S/C18H28N2O4S/c1-13-7-9-15(10-8-13)25(22,23)19-16(21)24-14-11-17(2,3)20(6)18(4,5)12-14/h7-10,14H,11-12H2,1-6H3,(H,19,21). The highest BCUT2D eigenvalue weighted by Gasteiger charge is 2.44. The third-order valence-electron chi connectivity index (χ3n) is 5.09. The van der Waals surface area contributed by atoms with Crippen LogP contribution in [0.2, 0.25) is 0 Å². The molecule has 2 rings (SSSR count). The van der Waals surface area contributed by atoms with E-state index in [0.29, 0.717) is 12.8 Å². The monoisotopic (exact) mass is 368 g/mol. The van der Waals surface area contributed by atoms with Crippen molar-refractivity contribution in [3.05, 3.63) is 29.8 Å². The van der Waals surface area contributed by atoms with Crippen LogP contribution in [0.3, 0.4) is 0 Å². The van der Waals surface area contributed by atoms with E-state index in [1.807, 2.05) is 11.6 Å². The lowest BCUT2D eigenvalue weighted by Gasteiger charge is -2.53.